The minimum Gasteiger partial charge on any atom is -0.406 e. The number of anilines is 1. The molecule has 9 heteroatoms. The van der Waals surface area contributed by atoms with Gasteiger partial charge >= 0.3 is 6.36 Å². The van der Waals surface area contributed by atoms with Gasteiger partial charge in [0.25, 0.3) is 0 Å². The van der Waals surface area contributed by atoms with Gasteiger partial charge < -0.3 is 20.5 Å². The standard InChI is InChI=1S/C21H25F3N4O2/c1-15-3-2-4-16(13-15)19(28-9-11-29-12-10-28)14-26-20(25)27-17-5-7-18(8-6-17)30-21(22,23)24/h2-8,13,19H,9-12,14H2,1H3,(H3,25,26,27). The second kappa shape index (κ2) is 9.82. The van der Waals surface area contributed by atoms with Gasteiger partial charge in [-0.15, -0.1) is 13.2 Å². The van der Waals surface area contributed by atoms with E-state index >= 15 is 0 Å². The lowest BCUT2D eigenvalue weighted by molar-refractivity contribution is -0.274. The van der Waals surface area contributed by atoms with Crippen LogP contribution in [0.25, 0.3) is 0 Å². The predicted octanol–water partition coefficient (Wildman–Crippen LogP) is 3.69. The lowest BCUT2D eigenvalue weighted by Crippen LogP contribution is -2.40. The van der Waals surface area contributed by atoms with Gasteiger partial charge in [0.1, 0.15) is 5.75 Å². The third-order valence-electron chi connectivity index (χ3n) is 4.71. The number of benzene rings is 2. The van der Waals surface area contributed by atoms with Crippen LogP contribution in [0.2, 0.25) is 0 Å². The van der Waals surface area contributed by atoms with Gasteiger partial charge in [0.2, 0.25) is 0 Å². The van der Waals surface area contributed by atoms with E-state index in [1.165, 1.54) is 29.8 Å². The Hall–Kier alpha value is -2.78. The van der Waals surface area contributed by atoms with Crippen molar-refractivity contribution >= 4 is 11.6 Å². The third kappa shape index (κ3) is 6.64. The number of aliphatic imine (C=N–C) groups is 1. The number of hydrogen-bond acceptors (Lipinski definition) is 4. The molecule has 3 N–H and O–H groups in total. The predicted molar refractivity (Wildman–Crippen MR) is 110 cm³/mol. The number of nitrogens with one attached hydrogen (secondary N) is 1. The molecule has 0 aromatic heterocycles. The maximum atomic E-state index is 12.3. The lowest BCUT2D eigenvalue weighted by atomic mass is 10.0. The Labute approximate surface area is 173 Å². The molecule has 30 heavy (non-hydrogen) atoms. The Morgan fingerprint density at radius 1 is 1.20 bits per heavy atom. The van der Waals surface area contributed by atoms with Crippen molar-refractivity contribution in [2.45, 2.75) is 19.3 Å². The Balaban J connectivity index is 1.67. The van der Waals surface area contributed by atoms with Crippen molar-refractivity contribution < 1.29 is 22.6 Å². The average molecular weight is 422 g/mol. The number of alkyl halides is 3. The van der Waals surface area contributed by atoms with Crippen molar-refractivity contribution in [1.82, 2.24) is 4.90 Å². The van der Waals surface area contributed by atoms with Crippen LogP contribution < -0.4 is 15.8 Å². The van der Waals surface area contributed by atoms with Crippen LogP contribution in [0.15, 0.2) is 53.5 Å². The number of ether oxygens (including phenoxy) is 2. The molecule has 162 valence electrons. The van der Waals surface area contributed by atoms with Crippen molar-refractivity contribution in [2.24, 2.45) is 10.7 Å². The highest BCUT2D eigenvalue weighted by atomic mass is 19.4. The fourth-order valence-electron chi connectivity index (χ4n) is 3.31. The molecule has 2 aromatic rings. The number of nitrogens with two attached hydrogens (primary N) is 1. The first kappa shape index (κ1) is 21.9. The summed E-state index contributed by atoms with van der Waals surface area (Å²) in [4.78, 5) is 6.79. The van der Waals surface area contributed by atoms with Gasteiger partial charge in [-0.05, 0) is 36.8 Å². The van der Waals surface area contributed by atoms with Crippen LogP contribution in [0.5, 0.6) is 5.75 Å². The fraction of sp³-hybridized carbons (Fsp3) is 0.381. The van der Waals surface area contributed by atoms with E-state index in [1.54, 1.807) is 0 Å². The molecule has 0 radical (unpaired) electrons. The summed E-state index contributed by atoms with van der Waals surface area (Å²) in [5, 5.41) is 2.90. The van der Waals surface area contributed by atoms with Gasteiger partial charge in [0, 0.05) is 18.8 Å². The SMILES string of the molecule is Cc1cccc(C(CN=C(N)Nc2ccc(OC(F)(F)F)cc2)N2CCOCC2)c1. The number of hydrogen-bond donors (Lipinski definition) is 2. The van der Waals surface area contributed by atoms with Crippen molar-refractivity contribution in [3.63, 3.8) is 0 Å². The first-order valence-electron chi connectivity index (χ1n) is 9.61. The normalized spacial score (nSPS) is 16.9. The summed E-state index contributed by atoms with van der Waals surface area (Å²) in [6.45, 7) is 5.45. The Bertz CT molecular complexity index is 850. The molecule has 1 saturated heterocycles. The molecule has 0 aliphatic carbocycles. The molecule has 0 spiro atoms. The van der Waals surface area contributed by atoms with Gasteiger partial charge in [-0.1, -0.05) is 29.8 Å². The molecular formula is C21H25F3N4O2. The number of halogens is 3. The summed E-state index contributed by atoms with van der Waals surface area (Å²) in [5.41, 5.74) is 8.86. The molecule has 0 saturated carbocycles. The summed E-state index contributed by atoms with van der Waals surface area (Å²) in [6, 6.07) is 13.7. The number of nitrogens with zero attached hydrogens (tertiary/aromatic N) is 2. The second-order valence-corrected chi connectivity index (χ2v) is 7.00. The molecule has 0 amide bonds. The van der Waals surface area contributed by atoms with E-state index < -0.39 is 6.36 Å². The molecule has 6 nitrogen and oxygen atoms in total. The highest BCUT2D eigenvalue weighted by molar-refractivity contribution is 5.92. The van der Waals surface area contributed by atoms with E-state index in [0.717, 1.165) is 18.7 Å². The molecular weight excluding hydrogens is 397 g/mol. The monoisotopic (exact) mass is 422 g/mol. The molecule has 1 fully saturated rings. The molecule has 2 aromatic carbocycles. The van der Waals surface area contributed by atoms with E-state index in [9.17, 15) is 13.2 Å². The van der Waals surface area contributed by atoms with Crippen molar-refractivity contribution in [2.75, 3.05) is 38.2 Å². The highest BCUT2D eigenvalue weighted by Crippen LogP contribution is 2.25. The van der Waals surface area contributed by atoms with E-state index in [2.05, 4.69) is 32.1 Å². The smallest absolute Gasteiger partial charge is 0.406 e. The van der Waals surface area contributed by atoms with Gasteiger partial charge in [-0.25, -0.2) is 0 Å². The minimum atomic E-state index is -4.72. The van der Waals surface area contributed by atoms with Crippen LogP contribution in [0.4, 0.5) is 18.9 Å². The summed E-state index contributed by atoms with van der Waals surface area (Å²) < 4.78 is 46.1. The van der Waals surface area contributed by atoms with E-state index in [-0.39, 0.29) is 17.8 Å². The van der Waals surface area contributed by atoms with Gasteiger partial charge in [0.05, 0.1) is 25.8 Å². The highest BCUT2D eigenvalue weighted by Gasteiger charge is 2.31. The molecule has 1 heterocycles. The Morgan fingerprint density at radius 3 is 2.53 bits per heavy atom. The van der Waals surface area contributed by atoms with Crippen molar-refractivity contribution in [3.8, 4) is 5.75 Å². The summed E-state index contributed by atoms with van der Waals surface area (Å²) in [6.07, 6.45) is -4.72. The summed E-state index contributed by atoms with van der Waals surface area (Å²) in [7, 11) is 0. The molecule has 1 aliphatic heterocycles. The fourth-order valence-corrected chi connectivity index (χ4v) is 3.31. The largest absolute Gasteiger partial charge is 0.573 e. The van der Waals surface area contributed by atoms with Crippen LogP contribution in [0.1, 0.15) is 17.2 Å². The van der Waals surface area contributed by atoms with Gasteiger partial charge in [-0.3, -0.25) is 9.89 Å². The Kier molecular flexibility index (Phi) is 7.17. The van der Waals surface area contributed by atoms with E-state index in [0.29, 0.717) is 25.4 Å². The van der Waals surface area contributed by atoms with Crippen LogP contribution in [-0.2, 0) is 4.74 Å². The zero-order valence-electron chi connectivity index (χ0n) is 16.7. The van der Waals surface area contributed by atoms with Crippen LogP contribution >= 0.6 is 0 Å². The number of rotatable bonds is 6. The van der Waals surface area contributed by atoms with Crippen LogP contribution in [-0.4, -0.2) is 50.1 Å². The molecule has 0 bridgehead atoms. The zero-order valence-corrected chi connectivity index (χ0v) is 16.7. The van der Waals surface area contributed by atoms with Gasteiger partial charge in [-0.2, -0.15) is 0 Å². The second-order valence-electron chi connectivity index (χ2n) is 7.00. The maximum absolute atomic E-state index is 12.3. The summed E-state index contributed by atoms with van der Waals surface area (Å²) >= 11 is 0. The third-order valence-corrected chi connectivity index (χ3v) is 4.71. The van der Waals surface area contributed by atoms with Crippen molar-refractivity contribution in [3.05, 3.63) is 59.7 Å². The lowest BCUT2D eigenvalue weighted by Gasteiger charge is -2.34. The Morgan fingerprint density at radius 2 is 1.90 bits per heavy atom. The summed E-state index contributed by atoms with van der Waals surface area (Å²) in [5.74, 6) is -0.110. The van der Waals surface area contributed by atoms with Crippen LogP contribution in [0, 0.1) is 6.92 Å². The molecule has 1 unspecified atom stereocenters. The van der Waals surface area contributed by atoms with E-state index in [4.69, 9.17) is 10.5 Å². The molecule has 1 aliphatic rings. The average Bonchev–Trinajstić information content (AvgIpc) is 2.69. The molecule has 3 rings (SSSR count). The van der Waals surface area contributed by atoms with E-state index in [1.807, 2.05) is 19.1 Å². The first-order valence-corrected chi connectivity index (χ1v) is 9.61. The quantitative estimate of drug-likeness (QED) is 0.549. The number of morpholine rings is 1. The number of aryl methyl sites for hydroxylation is 1. The topological polar surface area (TPSA) is 72.1 Å². The number of guanidine groups is 1. The first-order chi connectivity index (χ1) is 14.3. The minimum absolute atomic E-state index is 0.0525. The van der Waals surface area contributed by atoms with Gasteiger partial charge in [0.15, 0.2) is 5.96 Å². The maximum Gasteiger partial charge on any atom is 0.573 e. The molecule has 1 atom stereocenters. The van der Waals surface area contributed by atoms with Crippen molar-refractivity contribution in [1.29, 1.82) is 0 Å². The van der Waals surface area contributed by atoms with Crippen LogP contribution in [0.3, 0.4) is 0 Å². The zero-order chi connectivity index (χ0) is 21.6.